The van der Waals surface area contributed by atoms with Gasteiger partial charge in [-0.1, -0.05) is 19.9 Å². The minimum absolute atomic E-state index is 0.00383. The molecule has 8 nitrogen and oxygen atoms in total. The Kier molecular flexibility index (Phi) is 4.95. The third kappa shape index (κ3) is 3.22. The molecule has 0 bridgehead atoms. The van der Waals surface area contributed by atoms with Crippen LogP contribution in [0.3, 0.4) is 0 Å². The third-order valence-electron chi connectivity index (χ3n) is 7.26. The highest BCUT2D eigenvalue weighted by Crippen LogP contribution is 2.52. The molecule has 5 rings (SSSR count). The third-order valence-corrected chi connectivity index (χ3v) is 7.26. The van der Waals surface area contributed by atoms with Crippen molar-refractivity contribution >= 4 is 22.5 Å². The molecule has 4 aromatic carbocycles. The SMILES string of the molecule is Cc1cc2cc3c(c(O)c2c(-c2c(C)cc(O)cc2O)c1C(=O)O)C(=O)c1c(O)cc(O)cc1C3(C)C. The predicted octanol–water partition coefficient (Wildman–Crippen LogP) is 5.22. The van der Waals surface area contributed by atoms with Crippen molar-refractivity contribution in [1.82, 2.24) is 0 Å². The highest BCUT2D eigenvalue weighted by Gasteiger charge is 2.42. The van der Waals surface area contributed by atoms with Gasteiger partial charge in [0.15, 0.2) is 0 Å². The van der Waals surface area contributed by atoms with Crippen LogP contribution in [0, 0.1) is 13.8 Å². The molecule has 0 aromatic heterocycles. The Labute approximate surface area is 211 Å². The molecule has 0 atom stereocenters. The maximum atomic E-state index is 13.7. The number of rotatable bonds is 2. The first kappa shape index (κ1) is 24.0. The first-order valence-corrected chi connectivity index (χ1v) is 11.5. The van der Waals surface area contributed by atoms with E-state index in [2.05, 4.69) is 0 Å². The summed E-state index contributed by atoms with van der Waals surface area (Å²) in [6.07, 6.45) is 0. The van der Waals surface area contributed by atoms with E-state index in [9.17, 15) is 40.2 Å². The van der Waals surface area contributed by atoms with Crippen molar-refractivity contribution in [3.05, 3.63) is 75.3 Å². The number of aromatic hydroxyl groups is 5. The van der Waals surface area contributed by atoms with E-state index in [4.69, 9.17) is 0 Å². The number of phenolic OH excluding ortho intramolecular Hbond substituents is 5. The van der Waals surface area contributed by atoms with Crippen molar-refractivity contribution in [3.63, 3.8) is 0 Å². The van der Waals surface area contributed by atoms with E-state index >= 15 is 0 Å². The average molecular weight is 501 g/mol. The second kappa shape index (κ2) is 7.64. The molecule has 0 spiro atoms. The number of phenols is 5. The summed E-state index contributed by atoms with van der Waals surface area (Å²) >= 11 is 0. The Morgan fingerprint density at radius 3 is 1.86 bits per heavy atom. The largest absolute Gasteiger partial charge is 0.508 e. The van der Waals surface area contributed by atoms with Crippen molar-refractivity contribution < 1.29 is 40.2 Å². The van der Waals surface area contributed by atoms with Gasteiger partial charge in [-0.2, -0.15) is 0 Å². The van der Waals surface area contributed by atoms with Gasteiger partial charge in [0.05, 0.1) is 16.7 Å². The van der Waals surface area contributed by atoms with Gasteiger partial charge < -0.3 is 30.6 Å². The van der Waals surface area contributed by atoms with E-state index < -0.39 is 34.4 Å². The van der Waals surface area contributed by atoms with Crippen LogP contribution >= 0.6 is 0 Å². The van der Waals surface area contributed by atoms with Crippen LogP contribution in [-0.4, -0.2) is 42.4 Å². The number of carbonyl (C=O) groups excluding carboxylic acids is 1. The molecule has 37 heavy (non-hydrogen) atoms. The maximum absolute atomic E-state index is 13.7. The Morgan fingerprint density at radius 1 is 0.703 bits per heavy atom. The fraction of sp³-hybridized carbons (Fsp3) is 0.172. The molecular formula is C29H24O8. The zero-order valence-corrected chi connectivity index (χ0v) is 20.5. The molecule has 8 heteroatoms. The number of hydrogen-bond acceptors (Lipinski definition) is 7. The lowest BCUT2D eigenvalue weighted by Gasteiger charge is -2.35. The minimum Gasteiger partial charge on any atom is -0.508 e. The molecule has 0 saturated heterocycles. The second-order valence-electron chi connectivity index (χ2n) is 9.99. The monoisotopic (exact) mass is 500 g/mol. The Hall–Kier alpha value is -4.72. The summed E-state index contributed by atoms with van der Waals surface area (Å²) < 4.78 is 0. The van der Waals surface area contributed by atoms with E-state index in [0.717, 1.165) is 12.1 Å². The summed E-state index contributed by atoms with van der Waals surface area (Å²) in [6, 6.07) is 8.16. The molecule has 0 aliphatic heterocycles. The van der Waals surface area contributed by atoms with Crippen LogP contribution in [0.2, 0.25) is 0 Å². The lowest BCUT2D eigenvalue weighted by molar-refractivity contribution is 0.0697. The lowest BCUT2D eigenvalue weighted by atomic mass is 9.67. The average Bonchev–Trinajstić information content (AvgIpc) is 2.75. The molecule has 0 unspecified atom stereocenters. The number of hydrogen-bond donors (Lipinski definition) is 6. The maximum Gasteiger partial charge on any atom is 0.336 e. The molecule has 0 amide bonds. The van der Waals surface area contributed by atoms with Crippen LogP contribution in [0.5, 0.6) is 28.7 Å². The molecule has 6 N–H and O–H groups in total. The predicted molar refractivity (Wildman–Crippen MR) is 136 cm³/mol. The Morgan fingerprint density at radius 2 is 1.27 bits per heavy atom. The minimum atomic E-state index is -1.30. The van der Waals surface area contributed by atoms with Crippen molar-refractivity contribution in [2.24, 2.45) is 0 Å². The highest BCUT2D eigenvalue weighted by atomic mass is 16.4. The first-order valence-electron chi connectivity index (χ1n) is 11.5. The molecule has 1 aliphatic carbocycles. The number of aryl methyl sites for hydroxylation is 2. The zero-order chi connectivity index (χ0) is 27.1. The molecule has 0 radical (unpaired) electrons. The molecule has 1 aliphatic rings. The van der Waals surface area contributed by atoms with Crippen molar-refractivity contribution in [3.8, 4) is 39.9 Å². The summed E-state index contributed by atoms with van der Waals surface area (Å²) in [5.74, 6) is -3.75. The van der Waals surface area contributed by atoms with Crippen LogP contribution in [0.15, 0.2) is 36.4 Å². The van der Waals surface area contributed by atoms with Gasteiger partial charge in [0.2, 0.25) is 5.78 Å². The van der Waals surface area contributed by atoms with Crippen LogP contribution < -0.4 is 0 Å². The van der Waals surface area contributed by atoms with Crippen molar-refractivity contribution in [2.75, 3.05) is 0 Å². The van der Waals surface area contributed by atoms with E-state index in [1.54, 1.807) is 39.8 Å². The van der Waals surface area contributed by atoms with Gasteiger partial charge >= 0.3 is 5.97 Å². The lowest BCUT2D eigenvalue weighted by Crippen LogP contribution is -2.30. The van der Waals surface area contributed by atoms with Crippen LogP contribution in [0.1, 0.15) is 62.4 Å². The second-order valence-corrected chi connectivity index (χ2v) is 9.99. The fourth-order valence-electron chi connectivity index (χ4n) is 5.63. The van der Waals surface area contributed by atoms with Crippen molar-refractivity contribution in [1.29, 1.82) is 0 Å². The van der Waals surface area contributed by atoms with E-state index in [1.165, 1.54) is 12.1 Å². The van der Waals surface area contributed by atoms with Gasteiger partial charge in [0.1, 0.15) is 28.7 Å². The topological polar surface area (TPSA) is 156 Å². The van der Waals surface area contributed by atoms with Gasteiger partial charge in [-0.25, -0.2) is 4.79 Å². The zero-order valence-electron chi connectivity index (χ0n) is 20.5. The molecule has 0 fully saturated rings. The fourth-order valence-corrected chi connectivity index (χ4v) is 5.63. The summed E-state index contributed by atoms with van der Waals surface area (Å²) in [7, 11) is 0. The normalized spacial score (nSPS) is 13.9. The number of carboxylic acid groups (broad SMARTS) is 1. The highest BCUT2D eigenvalue weighted by molar-refractivity contribution is 6.21. The molecule has 188 valence electrons. The quantitative estimate of drug-likeness (QED) is 0.219. The molecular weight excluding hydrogens is 476 g/mol. The Balaban J connectivity index is 2.00. The summed E-state index contributed by atoms with van der Waals surface area (Å²) in [5.41, 5.74) is 0.334. The number of ketones is 1. The number of fused-ring (bicyclic) bond motifs is 3. The van der Waals surface area contributed by atoms with E-state index in [0.29, 0.717) is 27.6 Å². The van der Waals surface area contributed by atoms with E-state index in [1.807, 2.05) is 0 Å². The smallest absolute Gasteiger partial charge is 0.336 e. The van der Waals surface area contributed by atoms with Gasteiger partial charge in [-0.05, 0) is 59.7 Å². The first-order chi connectivity index (χ1) is 17.2. The van der Waals surface area contributed by atoms with Gasteiger partial charge in [0, 0.05) is 34.1 Å². The van der Waals surface area contributed by atoms with Crippen LogP contribution in [-0.2, 0) is 5.41 Å². The molecule has 0 saturated carbocycles. The molecule has 4 aromatic rings. The number of aromatic carboxylic acids is 1. The van der Waals surface area contributed by atoms with Crippen LogP contribution in [0.25, 0.3) is 21.9 Å². The summed E-state index contributed by atoms with van der Waals surface area (Å²) in [4.78, 5) is 26.1. The Bertz CT molecular complexity index is 1690. The van der Waals surface area contributed by atoms with Gasteiger partial charge in [0.25, 0.3) is 0 Å². The van der Waals surface area contributed by atoms with Gasteiger partial charge in [-0.3, -0.25) is 4.79 Å². The number of benzene rings is 4. The standard InChI is InChI=1S/C29H24O8/c1-11-5-13-7-16-24(27(35)23-17(29(16,3)4)8-15(31)10-19(23)33)26(34)22(13)25(21(11)28(36)37)20-12(2)6-14(30)9-18(20)32/h5-10,30-34H,1-4H3,(H,36,37). The van der Waals surface area contributed by atoms with Gasteiger partial charge in [-0.15, -0.1) is 0 Å². The summed E-state index contributed by atoms with van der Waals surface area (Å²) in [6.45, 7) is 6.75. The van der Waals surface area contributed by atoms with Crippen molar-refractivity contribution in [2.45, 2.75) is 33.1 Å². The van der Waals surface area contributed by atoms with Crippen LogP contribution in [0.4, 0.5) is 0 Å². The number of carboxylic acids is 1. The molecule has 0 heterocycles. The summed E-state index contributed by atoms with van der Waals surface area (Å²) in [5, 5.41) is 63.6. The van der Waals surface area contributed by atoms with E-state index in [-0.39, 0.29) is 44.7 Å². The number of carbonyl (C=O) groups is 2.